The minimum atomic E-state index is -0.204. The number of nitrogens with two attached hydrogens (primary N) is 1. The van der Waals surface area contributed by atoms with Crippen LogP contribution in [0.5, 0.6) is 0 Å². The summed E-state index contributed by atoms with van der Waals surface area (Å²) in [6.45, 7) is 2.67. The summed E-state index contributed by atoms with van der Waals surface area (Å²) in [7, 11) is 0. The van der Waals surface area contributed by atoms with Crippen LogP contribution in [0, 0.1) is 5.92 Å². The number of benzene rings is 1. The molecule has 0 aliphatic rings. The molecule has 0 saturated heterocycles. The maximum atomic E-state index is 11.7. The van der Waals surface area contributed by atoms with Crippen LogP contribution in [0.15, 0.2) is 28.7 Å². The van der Waals surface area contributed by atoms with E-state index in [0.717, 1.165) is 22.9 Å². The van der Waals surface area contributed by atoms with Crippen molar-refractivity contribution in [3.63, 3.8) is 0 Å². The lowest BCUT2D eigenvalue weighted by Gasteiger charge is -2.13. The van der Waals surface area contributed by atoms with Crippen molar-refractivity contribution >= 4 is 21.9 Å². The van der Waals surface area contributed by atoms with Gasteiger partial charge in [0.05, 0.1) is 5.92 Å². The molecular weight excluding hydrogens is 282 g/mol. The number of halogens is 1. The van der Waals surface area contributed by atoms with Crippen LogP contribution in [0.2, 0.25) is 0 Å². The molecule has 3 nitrogen and oxygen atoms in total. The Hall–Kier alpha value is -0.870. The summed E-state index contributed by atoms with van der Waals surface area (Å²) in [5.41, 5.74) is 6.51. The Morgan fingerprint density at radius 1 is 1.47 bits per heavy atom. The van der Waals surface area contributed by atoms with E-state index in [1.807, 2.05) is 31.2 Å². The zero-order valence-corrected chi connectivity index (χ0v) is 11.6. The van der Waals surface area contributed by atoms with Gasteiger partial charge in [0.1, 0.15) is 6.61 Å². The standard InChI is InChI=1S/C13H18BrNO2/c1-2-5-10(8-15)13(16)17-9-11-6-3-4-7-12(11)14/h3-4,6-7,10H,2,5,8-9,15H2,1H3. The third-order valence-corrected chi connectivity index (χ3v) is 3.36. The van der Waals surface area contributed by atoms with Gasteiger partial charge in [0.15, 0.2) is 0 Å². The van der Waals surface area contributed by atoms with Crippen molar-refractivity contribution in [2.45, 2.75) is 26.4 Å². The van der Waals surface area contributed by atoms with Crippen molar-refractivity contribution in [1.29, 1.82) is 0 Å². The average molecular weight is 300 g/mol. The quantitative estimate of drug-likeness (QED) is 0.822. The van der Waals surface area contributed by atoms with Crippen LogP contribution in [-0.2, 0) is 16.1 Å². The third kappa shape index (κ3) is 4.48. The topological polar surface area (TPSA) is 52.3 Å². The lowest BCUT2D eigenvalue weighted by atomic mass is 10.0. The molecule has 1 atom stereocenters. The predicted octanol–water partition coefficient (Wildman–Crippen LogP) is 2.87. The summed E-state index contributed by atoms with van der Waals surface area (Å²) in [6.07, 6.45) is 1.72. The van der Waals surface area contributed by atoms with Crippen LogP contribution in [0.25, 0.3) is 0 Å². The van der Waals surface area contributed by atoms with Crippen molar-refractivity contribution in [3.8, 4) is 0 Å². The van der Waals surface area contributed by atoms with Crippen LogP contribution in [-0.4, -0.2) is 12.5 Å². The normalized spacial score (nSPS) is 12.2. The second-order valence-corrected chi connectivity index (χ2v) is 4.77. The van der Waals surface area contributed by atoms with Crippen LogP contribution in [0.1, 0.15) is 25.3 Å². The van der Waals surface area contributed by atoms with E-state index in [4.69, 9.17) is 10.5 Å². The Morgan fingerprint density at radius 2 is 2.18 bits per heavy atom. The van der Waals surface area contributed by atoms with Crippen LogP contribution in [0.4, 0.5) is 0 Å². The van der Waals surface area contributed by atoms with Gasteiger partial charge in [-0.2, -0.15) is 0 Å². The Bertz CT molecular complexity index is 368. The van der Waals surface area contributed by atoms with Gasteiger partial charge >= 0.3 is 5.97 Å². The summed E-state index contributed by atoms with van der Waals surface area (Å²) in [6, 6.07) is 7.69. The summed E-state index contributed by atoms with van der Waals surface area (Å²) in [4.78, 5) is 11.7. The highest BCUT2D eigenvalue weighted by molar-refractivity contribution is 9.10. The summed E-state index contributed by atoms with van der Waals surface area (Å²) < 4.78 is 6.22. The van der Waals surface area contributed by atoms with E-state index in [1.165, 1.54) is 0 Å². The first-order chi connectivity index (χ1) is 8.19. The van der Waals surface area contributed by atoms with Crippen molar-refractivity contribution in [2.75, 3.05) is 6.54 Å². The van der Waals surface area contributed by atoms with Gasteiger partial charge in [-0.3, -0.25) is 4.79 Å². The molecule has 0 amide bonds. The smallest absolute Gasteiger partial charge is 0.310 e. The summed E-state index contributed by atoms with van der Waals surface area (Å²) >= 11 is 3.42. The molecule has 4 heteroatoms. The Kier molecular flexibility index (Phi) is 6.22. The molecule has 0 fully saturated rings. The van der Waals surface area contributed by atoms with Gasteiger partial charge < -0.3 is 10.5 Å². The van der Waals surface area contributed by atoms with Crippen LogP contribution in [0.3, 0.4) is 0 Å². The molecule has 0 spiro atoms. The second-order valence-electron chi connectivity index (χ2n) is 3.92. The number of rotatable bonds is 6. The molecule has 94 valence electrons. The summed E-state index contributed by atoms with van der Waals surface area (Å²) in [5.74, 6) is -0.382. The number of carbonyl (C=O) groups is 1. The molecule has 0 radical (unpaired) electrons. The highest BCUT2D eigenvalue weighted by Crippen LogP contribution is 2.17. The molecule has 1 aromatic rings. The fourth-order valence-electron chi connectivity index (χ4n) is 1.56. The lowest BCUT2D eigenvalue weighted by Crippen LogP contribution is -2.25. The number of esters is 1. The zero-order chi connectivity index (χ0) is 12.7. The molecular formula is C13H18BrNO2. The number of ether oxygens (including phenoxy) is 1. The van der Waals surface area contributed by atoms with Crippen LogP contribution >= 0.6 is 15.9 Å². The Labute approximate surface area is 110 Å². The van der Waals surface area contributed by atoms with Crippen LogP contribution < -0.4 is 5.73 Å². The first-order valence-electron chi connectivity index (χ1n) is 5.79. The average Bonchev–Trinajstić information content (AvgIpc) is 2.34. The minimum absolute atomic E-state index is 0.178. The maximum Gasteiger partial charge on any atom is 0.310 e. The van der Waals surface area contributed by atoms with E-state index in [2.05, 4.69) is 15.9 Å². The minimum Gasteiger partial charge on any atom is -0.461 e. The molecule has 0 aliphatic heterocycles. The van der Waals surface area contributed by atoms with Gasteiger partial charge in [-0.25, -0.2) is 0 Å². The molecule has 1 aromatic carbocycles. The van der Waals surface area contributed by atoms with Gasteiger partial charge in [0.2, 0.25) is 0 Å². The summed E-state index contributed by atoms with van der Waals surface area (Å²) in [5, 5.41) is 0. The highest BCUT2D eigenvalue weighted by Gasteiger charge is 2.17. The molecule has 1 rings (SSSR count). The number of hydrogen-bond acceptors (Lipinski definition) is 3. The van der Waals surface area contributed by atoms with Crippen molar-refractivity contribution in [1.82, 2.24) is 0 Å². The first-order valence-corrected chi connectivity index (χ1v) is 6.58. The van der Waals surface area contributed by atoms with Crippen molar-refractivity contribution in [2.24, 2.45) is 11.7 Å². The van der Waals surface area contributed by atoms with Crippen molar-refractivity contribution in [3.05, 3.63) is 34.3 Å². The fraction of sp³-hybridized carbons (Fsp3) is 0.462. The molecule has 0 saturated carbocycles. The van der Waals surface area contributed by atoms with E-state index in [1.54, 1.807) is 0 Å². The SMILES string of the molecule is CCCC(CN)C(=O)OCc1ccccc1Br. The Balaban J connectivity index is 2.50. The molecule has 1 unspecified atom stereocenters. The van der Waals surface area contributed by atoms with Gasteiger partial charge in [0, 0.05) is 16.6 Å². The molecule has 2 N–H and O–H groups in total. The zero-order valence-electron chi connectivity index (χ0n) is 9.99. The lowest BCUT2D eigenvalue weighted by molar-refractivity contribution is -0.149. The van der Waals surface area contributed by atoms with E-state index < -0.39 is 0 Å². The number of hydrogen-bond donors (Lipinski definition) is 1. The van der Waals surface area contributed by atoms with E-state index in [-0.39, 0.29) is 11.9 Å². The molecule has 0 aliphatic carbocycles. The Morgan fingerprint density at radius 3 is 2.76 bits per heavy atom. The van der Waals surface area contributed by atoms with Crippen molar-refractivity contribution < 1.29 is 9.53 Å². The van der Waals surface area contributed by atoms with Gasteiger partial charge in [-0.05, 0) is 12.5 Å². The van der Waals surface area contributed by atoms with Gasteiger partial charge in [0.25, 0.3) is 0 Å². The second kappa shape index (κ2) is 7.45. The van der Waals surface area contributed by atoms with E-state index in [0.29, 0.717) is 13.2 Å². The van der Waals surface area contributed by atoms with Gasteiger partial charge in [-0.1, -0.05) is 47.5 Å². The predicted molar refractivity (Wildman–Crippen MR) is 71.4 cm³/mol. The third-order valence-electron chi connectivity index (χ3n) is 2.58. The maximum absolute atomic E-state index is 11.7. The highest BCUT2D eigenvalue weighted by atomic mass is 79.9. The molecule has 17 heavy (non-hydrogen) atoms. The largest absolute Gasteiger partial charge is 0.461 e. The molecule has 0 aromatic heterocycles. The van der Waals surface area contributed by atoms with E-state index in [9.17, 15) is 4.79 Å². The monoisotopic (exact) mass is 299 g/mol. The van der Waals surface area contributed by atoms with Gasteiger partial charge in [-0.15, -0.1) is 0 Å². The number of carbonyl (C=O) groups excluding carboxylic acids is 1. The molecule has 0 heterocycles. The van der Waals surface area contributed by atoms with E-state index >= 15 is 0 Å². The molecule has 0 bridgehead atoms. The first kappa shape index (κ1) is 14.2. The fourth-order valence-corrected chi connectivity index (χ4v) is 1.96.